The minimum Gasteiger partial charge on any atom is -0.496 e. The summed E-state index contributed by atoms with van der Waals surface area (Å²) in [6.45, 7) is 2.99. The average Bonchev–Trinajstić information content (AvgIpc) is 3.11. The van der Waals surface area contributed by atoms with Gasteiger partial charge in [-0.25, -0.2) is 4.39 Å². The molecule has 0 radical (unpaired) electrons. The zero-order valence-electron chi connectivity index (χ0n) is 15.4. The van der Waals surface area contributed by atoms with Gasteiger partial charge in [-0.3, -0.25) is 9.48 Å². The predicted octanol–water partition coefficient (Wildman–Crippen LogP) is 4.04. The molecule has 0 aliphatic heterocycles. The number of halogens is 1. The molecule has 1 aromatic heterocycles. The fourth-order valence-corrected chi connectivity index (χ4v) is 2.84. The lowest BCUT2D eigenvalue weighted by Crippen LogP contribution is -2.25. The van der Waals surface area contributed by atoms with Crippen molar-refractivity contribution in [3.05, 3.63) is 71.7 Å². The molecule has 0 aliphatic carbocycles. The highest BCUT2D eigenvalue weighted by atomic mass is 19.1. The lowest BCUT2D eigenvalue weighted by molar-refractivity contribution is 0.0940. The molecule has 3 rings (SSSR count). The van der Waals surface area contributed by atoms with Crippen molar-refractivity contribution in [1.29, 1.82) is 0 Å². The lowest BCUT2D eigenvalue weighted by Gasteiger charge is -2.07. The number of nitrogens with zero attached hydrogens (tertiary/aromatic N) is 2. The molecule has 1 heterocycles. The molecule has 1 N–H and O–H groups in total. The van der Waals surface area contributed by atoms with Crippen LogP contribution in [0.1, 0.15) is 29.4 Å². The third-order valence-corrected chi connectivity index (χ3v) is 4.20. The SMILES string of the molecule is CCCn1nc(-c2ccccc2OC)cc1C(=O)NCc1ccc(F)cc1. The van der Waals surface area contributed by atoms with Gasteiger partial charge in [0, 0.05) is 18.7 Å². The Hall–Kier alpha value is -3.15. The van der Waals surface area contributed by atoms with E-state index in [4.69, 9.17) is 4.74 Å². The van der Waals surface area contributed by atoms with Crippen molar-refractivity contribution in [1.82, 2.24) is 15.1 Å². The van der Waals surface area contributed by atoms with Gasteiger partial charge >= 0.3 is 0 Å². The van der Waals surface area contributed by atoms with Gasteiger partial charge in [-0.1, -0.05) is 31.2 Å². The summed E-state index contributed by atoms with van der Waals surface area (Å²) in [4.78, 5) is 12.7. The molecular formula is C21H22FN3O2. The Morgan fingerprint density at radius 3 is 2.63 bits per heavy atom. The molecule has 3 aromatic rings. The predicted molar refractivity (Wildman–Crippen MR) is 102 cm³/mol. The van der Waals surface area contributed by atoms with Gasteiger partial charge in [0.1, 0.15) is 17.3 Å². The highest BCUT2D eigenvalue weighted by Gasteiger charge is 2.17. The smallest absolute Gasteiger partial charge is 0.269 e. The molecule has 0 atom stereocenters. The normalized spacial score (nSPS) is 10.6. The van der Waals surface area contributed by atoms with Crippen LogP contribution < -0.4 is 10.1 Å². The maximum Gasteiger partial charge on any atom is 0.269 e. The van der Waals surface area contributed by atoms with Crippen LogP contribution in [0.5, 0.6) is 5.75 Å². The minimum absolute atomic E-state index is 0.221. The second-order valence-electron chi connectivity index (χ2n) is 6.15. The second kappa shape index (κ2) is 8.49. The number of hydrogen-bond acceptors (Lipinski definition) is 3. The minimum atomic E-state index is -0.299. The van der Waals surface area contributed by atoms with Gasteiger partial charge in [-0.2, -0.15) is 5.10 Å². The van der Waals surface area contributed by atoms with E-state index in [1.54, 1.807) is 30.0 Å². The third kappa shape index (κ3) is 4.34. The van der Waals surface area contributed by atoms with E-state index < -0.39 is 0 Å². The first-order chi connectivity index (χ1) is 13.1. The van der Waals surface area contributed by atoms with E-state index in [2.05, 4.69) is 10.4 Å². The van der Waals surface area contributed by atoms with Crippen LogP contribution in [0.4, 0.5) is 4.39 Å². The van der Waals surface area contributed by atoms with Crippen LogP contribution >= 0.6 is 0 Å². The number of amides is 1. The zero-order valence-corrected chi connectivity index (χ0v) is 15.4. The highest BCUT2D eigenvalue weighted by Crippen LogP contribution is 2.29. The molecule has 0 spiro atoms. The molecule has 5 nitrogen and oxygen atoms in total. The Morgan fingerprint density at radius 2 is 1.93 bits per heavy atom. The van der Waals surface area contributed by atoms with E-state index in [9.17, 15) is 9.18 Å². The number of methoxy groups -OCH3 is 1. The van der Waals surface area contributed by atoms with Crippen molar-refractivity contribution >= 4 is 5.91 Å². The van der Waals surface area contributed by atoms with Crippen molar-refractivity contribution in [2.24, 2.45) is 0 Å². The molecule has 0 bridgehead atoms. The molecule has 6 heteroatoms. The largest absolute Gasteiger partial charge is 0.496 e. The molecule has 140 valence electrons. The van der Waals surface area contributed by atoms with E-state index in [1.165, 1.54) is 12.1 Å². The molecular weight excluding hydrogens is 345 g/mol. The summed E-state index contributed by atoms with van der Waals surface area (Å²) < 4.78 is 20.1. The molecule has 0 saturated heterocycles. The van der Waals surface area contributed by atoms with Crippen LogP contribution in [-0.4, -0.2) is 22.8 Å². The van der Waals surface area contributed by atoms with E-state index in [0.29, 0.717) is 30.2 Å². The van der Waals surface area contributed by atoms with Crippen LogP contribution in [0.15, 0.2) is 54.6 Å². The summed E-state index contributed by atoms with van der Waals surface area (Å²) in [5.41, 5.74) is 2.84. The summed E-state index contributed by atoms with van der Waals surface area (Å²) in [5, 5.41) is 7.47. The number of rotatable bonds is 7. The van der Waals surface area contributed by atoms with Crippen molar-refractivity contribution in [2.75, 3.05) is 7.11 Å². The fraction of sp³-hybridized carbons (Fsp3) is 0.238. The quantitative estimate of drug-likeness (QED) is 0.686. The standard InChI is InChI=1S/C21H22FN3O2/c1-3-12-25-19(21(26)23-14-15-8-10-16(22)11-9-15)13-18(24-25)17-6-4-5-7-20(17)27-2/h4-11,13H,3,12,14H2,1-2H3,(H,23,26). The molecule has 27 heavy (non-hydrogen) atoms. The topological polar surface area (TPSA) is 56.2 Å². The van der Waals surface area contributed by atoms with Crippen LogP contribution in [0.2, 0.25) is 0 Å². The Morgan fingerprint density at radius 1 is 1.19 bits per heavy atom. The van der Waals surface area contributed by atoms with Gasteiger partial charge in [0.25, 0.3) is 5.91 Å². The fourth-order valence-electron chi connectivity index (χ4n) is 2.84. The van der Waals surface area contributed by atoms with E-state index in [0.717, 1.165) is 17.5 Å². The molecule has 2 aromatic carbocycles. The average molecular weight is 367 g/mol. The number of carbonyl (C=O) groups excluding carboxylic acids is 1. The third-order valence-electron chi connectivity index (χ3n) is 4.20. The number of benzene rings is 2. The Balaban J connectivity index is 1.84. The summed E-state index contributed by atoms with van der Waals surface area (Å²) in [6, 6.07) is 15.4. The number of ether oxygens (including phenoxy) is 1. The molecule has 0 saturated carbocycles. The monoisotopic (exact) mass is 367 g/mol. The summed E-state index contributed by atoms with van der Waals surface area (Å²) >= 11 is 0. The van der Waals surface area contributed by atoms with Crippen molar-refractivity contribution in [2.45, 2.75) is 26.4 Å². The van der Waals surface area contributed by atoms with Gasteiger partial charge in [0.2, 0.25) is 0 Å². The number of hydrogen-bond donors (Lipinski definition) is 1. The number of para-hydroxylation sites is 1. The van der Waals surface area contributed by atoms with Crippen LogP contribution in [0.3, 0.4) is 0 Å². The number of carbonyl (C=O) groups is 1. The van der Waals surface area contributed by atoms with Gasteiger partial charge in [0.15, 0.2) is 0 Å². The number of aromatic nitrogens is 2. The Bertz CT molecular complexity index is 919. The van der Waals surface area contributed by atoms with Crippen LogP contribution in [0.25, 0.3) is 11.3 Å². The first-order valence-electron chi connectivity index (χ1n) is 8.86. The van der Waals surface area contributed by atoms with Gasteiger partial charge < -0.3 is 10.1 Å². The van der Waals surface area contributed by atoms with Crippen molar-refractivity contribution in [3.63, 3.8) is 0 Å². The van der Waals surface area contributed by atoms with E-state index >= 15 is 0 Å². The Kier molecular flexibility index (Phi) is 5.86. The van der Waals surface area contributed by atoms with Crippen molar-refractivity contribution < 1.29 is 13.9 Å². The zero-order chi connectivity index (χ0) is 19.2. The van der Waals surface area contributed by atoms with Gasteiger partial charge in [0.05, 0.1) is 12.8 Å². The van der Waals surface area contributed by atoms with Crippen LogP contribution in [0, 0.1) is 5.82 Å². The summed E-state index contributed by atoms with van der Waals surface area (Å²) in [5.74, 6) is 0.186. The lowest BCUT2D eigenvalue weighted by atomic mass is 10.1. The second-order valence-corrected chi connectivity index (χ2v) is 6.15. The Labute approximate surface area is 157 Å². The van der Waals surface area contributed by atoms with E-state index in [-0.39, 0.29) is 11.7 Å². The molecule has 0 unspecified atom stereocenters. The van der Waals surface area contributed by atoms with Crippen LogP contribution in [-0.2, 0) is 13.1 Å². The first-order valence-corrected chi connectivity index (χ1v) is 8.86. The van der Waals surface area contributed by atoms with E-state index in [1.807, 2.05) is 31.2 Å². The van der Waals surface area contributed by atoms with Gasteiger partial charge in [-0.15, -0.1) is 0 Å². The van der Waals surface area contributed by atoms with Gasteiger partial charge in [-0.05, 0) is 42.3 Å². The highest BCUT2D eigenvalue weighted by molar-refractivity contribution is 5.93. The molecule has 0 fully saturated rings. The maximum atomic E-state index is 13.0. The summed E-state index contributed by atoms with van der Waals surface area (Å²) in [7, 11) is 1.61. The maximum absolute atomic E-state index is 13.0. The summed E-state index contributed by atoms with van der Waals surface area (Å²) in [6.07, 6.45) is 0.852. The van der Waals surface area contributed by atoms with Crippen molar-refractivity contribution in [3.8, 4) is 17.0 Å². The molecule has 0 aliphatic rings. The molecule has 1 amide bonds. The number of aryl methyl sites for hydroxylation is 1. The number of nitrogens with one attached hydrogen (secondary N) is 1. The first kappa shape index (κ1) is 18.6.